The van der Waals surface area contributed by atoms with Crippen molar-refractivity contribution >= 4 is 27.1 Å². The van der Waals surface area contributed by atoms with Crippen molar-refractivity contribution in [1.29, 1.82) is 0 Å². The third-order valence-electron chi connectivity index (χ3n) is 4.42. The quantitative estimate of drug-likeness (QED) is 0.588. The van der Waals surface area contributed by atoms with Crippen LogP contribution in [0.3, 0.4) is 0 Å². The van der Waals surface area contributed by atoms with Gasteiger partial charge in [0.1, 0.15) is 16.7 Å². The molecule has 1 amide bonds. The summed E-state index contributed by atoms with van der Waals surface area (Å²) in [7, 11) is -0.734. The molecule has 1 N–H and O–H groups in total. The number of amides is 1. The van der Waals surface area contributed by atoms with Gasteiger partial charge in [0.25, 0.3) is 5.91 Å². The fourth-order valence-electron chi connectivity index (χ4n) is 2.88. The van der Waals surface area contributed by atoms with E-state index in [-0.39, 0.29) is 11.4 Å². The van der Waals surface area contributed by atoms with Gasteiger partial charge in [-0.2, -0.15) is 0 Å². The molecule has 152 valence electrons. The number of ether oxygens (including phenoxy) is 2. The summed E-state index contributed by atoms with van der Waals surface area (Å²) in [5.41, 5.74) is 0.349. The lowest BCUT2D eigenvalue weighted by molar-refractivity contribution is 0.0950. The Hall–Kier alpha value is -2.84. The number of methoxy groups -OCH3 is 2. The molecule has 1 heterocycles. The second-order valence-electron chi connectivity index (χ2n) is 6.13. The van der Waals surface area contributed by atoms with E-state index in [0.29, 0.717) is 21.9 Å². The van der Waals surface area contributed by atoms with Crippen LogP contribution < -0.4 is 14.8 Å². The van der Waals surface area contributed by atoms with Crippen LogP contribution in [0.4, 0.5) is 0 Å². The smallest absolute Gasteiger partial charge is 0.255 e. The lowest BCUT2D eigenvalue weighted by Crippen LogP contribution is -2.31. The van der Waals surface area contributed by atoms with Gasteiger partial charge in [-0.25, -0.2) is 8.42 Å². The second kappa shape index (κ2) is 9.11. The summed E-state index contributed by atoms with van der Waals surface area (Å²) < 4.78 is 36.9. The van der Waals surface area contributed by atoms with Gasteiger partial charge < -0.3 is 14.8 Å². The van der Waals surface area contributed by atoms with Crippen LogP contribution in [0.5, 0.6) is 11.5 Å². The largest absolute Gasteiger partial charge is 0.497 e. The molecule has 0 fully saturated rings. The Bertz CT molecular complexity index is 1060. The zero-order chi connectivity index (χ0) is 20.9. The molecule has 3 rings (SSSR count). The number of nitrogens with one attached hydrogen (secondary N) is 1. The molecule has 29 heavy (non-hydrogen) atoms. The van der Waals surface area contributed by atoms with Gasteiger partial charge in [-0.1, -0.05) is 18.2 Å². The highest BCUT2D eigenvalue weighted by atomic mass is 32.2. The molecule has 0 bridgehead atoms. The minimum absolute atomic E-state index is 0.0637. The number of carbonyl (C=O) groups excluding carboxylic acids is 1. The third-order valence-corrected chi connectivity index (χ3v) is 7.66. The van der Waals surface area contributed by atoms with Gasteiger partial charge in [0.2, 0.25) is 0 Å². The molecule has 0 saturated carbocycles. The summed E-state index contributed by atoms with van der Waals surface area (Å²) in [5.74, 6) is 0.603. The van der Waals surface area contributed by atoms with Gasteiger partial charge in [-0.05, 0) is 47.8 Å². The fourth-order valence-corrected chi connectivity index (χ4v) is 5.66. The first-order chi connectivity index (χ1) is 14.0. The molecule has 0 radical (unpaired) electrons. The van der Waals surface area contributed by atoms with Crippen molar-refractivity contribution in [3.63, 3.8) is 0 Å². The van der Waals surface area contributed by atoms with Crippen molar-refractivity contribution < 1.29 is 22.7 Å². The summed E-state index contributed by atoms with van der Waals surface area (Å²) in [6.45, 7) is -0.0637. The first kappa shape index (κ1) is 20.9. The summed E-state index contributed by atoms with van der Waals surface area (Å²) >= 11 is 1.34. The van der Waals surface area contributed by atoms with Crippen LogP contribution in [0, 0.1) is 0 Å². The number of thiophene rings is 1. The van der Waals surface area contributed by atoms with Crippen LogP contribution in [0.25, 0.3) is 0 Å². The van der Waals surface area contributed by atoms with E-state index in [9.17, 15) is 13.2 Å². The molecule has 8 heteroatoms. The van der Waals surface area contributed by atoms with Crippen molar-refractivity contribution in [2.24, 2.45) is 0 Å². The van der Waals surface area contributed by atoms with E-state index in [1.54, 1.807) is 48.5 Å². The molecule has 6 nitrogen and oxygen atoms in total. The zero-order valence-corrected chi connectivity index (χ0v) is 17.6. The first-order valence-electron chi connectivity index (χ1n) is 8.80. The van der Waals surface area contributed by atoms with E-state index in [4.69, 9.17) is 9.47 Å². The predicted molar refractivity (Wildman–Crippen MR) is 113 cm³/mol. The summed E-state index contributed by atoms with van der Waals surface area (Å²) in [6, 6.07) is 16.6. The number of sulfone groups is 1. The van der Waals surface area contributed by atoms with E-state index in [1.807, 2.05) is 5.38 Å². The average Bonchev–Trinajstić information content (AvgIpc) is 3.28. The second-order valence-corrected chi connectivity index (χ2v) is 9.24. The van der Waals surface area contributed by atoms with Crippen molar-refractivity contribution in [2.75, 3.05) is 20.8 Å². The molecule has 1 unspecified atom stereocenters. The minimum Gasteiger partial charge on any atom is -0.497 e. The van der Waals surface area contributed by atoms with Crippen LogP contribution >= 0.6 is 11.3 Å². The lowest BCUT2D eigenvalue weighted by atomic mass is 10.2. The molecular formula is C21H21NO5S2. The molecule has 0 saturated heterocycles. The fraction of sp³-hybridized carbons (Fsp3) is 0.190. The van der Waals surface area contributed by atoms with E-state index >= 15 is 0 Å². The molecule has 3 aromatic rings. The minimum atomic E-state index is -3.73. The van der Waals surface area contributed by atoms with Gasteiger partial charge in [-0.15, -0.1) is 11.3 Å². The highest BCUT2D eigenvalue weighted by molar-refractivity contribution is 7.91. The normalized spacial score (nSPS) is 12.2. The van der Waals surface area contributed by atoms with Gasteiger partial charge in [0, 0.05) is 11.4 Å². The Morgan fingerprint density at radius 2 is 1.72 bits per heavy atom. The van der Waals surface area contributed by atoms with Crippen molar-refractivity contribution in [3.05, 3.63) is 76.5 Å². The molecule has 0 aliphatic heterocycles. The maximum absolute atomic E-state index is 13.3. The molecular weight excluding hydrogens is 410 g/mol. The number of carbonyl (C=O) groups is 1. The van der Waals surface area contributed by atoms with Crippen LogP contribution in [-0.4, -0.2) is 35.1 Å². The van der Waals surface area contributed by atoms with E-state index < -0.39 is 21.0 Å². The summed E-state index contributed by atoms with van der Waals surface area (Å²) in [5, 5.41) is 3.65. The van der Waals surface area contributed by atoms with Gasteiger partial charge in [0.15, 0.2) is 9.84 Å². The number of rotatable bonds is 8. The Morgan fingerprint density at radius 1 is 1.00 bits per heavy atom. The number of benzene rings is 2. The molecule has 0 spiro atoms. The Kier molecular flexibility index (Phi) is 6.56. The van der Waals surface area contributed by atoms with Crippen molar-refractivity contribution in [3.8, 4) is 11.5 Å². The van der Waals surface area contributed by atoms with Gasteiger partial charge in [-0.3, -0.25) is 4.79 Å². The van der Waals surface area contributed by atoms with Gasteiger partial charge >= 0.3 is 0 Å². The average molecular weight is 432 g/mol. The third kappa shape index (κ3) is 4.60. The van der Waals surface area contributed by atoms with E-state index in [2.05, 4.69) is 5.32 Å². The zero-order valence-electron chi connectivity index (χ0n) is 16.0. The van der Waals surface area contributed by atoms with E-state index in [0.717, 1.165) is 0 Å². The molecule has 0 aliphatic rings. The van der Waals surface area contributed by atoms with Crippen LogP contribution in [0.15, 0.2) is 70.9 Å². The van der Waals surface area contributed by atoms with Crippen LogP contribution in [0.1, 0.15) is 20.5 Å². The predicted octanol–water partition coefficient (Wildman–Crippen LogP) is 3.71. The van der Waals surface area contributed by atoms with Crippen molar-refractivity contribution in [1.82, 2.24) is 5.32 Å². The Labute approximate surface area is 174 Å². The highest BCUT2D eigenvalue weighted by Gasteiger charge is 2.31. The Balaban J connectivity index is 1.87. The maximum atomic E-state index is 13.3. The SMILES string of the molecule is COc1ccc(S(=O)(=O)C(CNC(=O)c2ccccc2OC)c2cccs2)cc1. The summed E-state index contributed by atoms with van der Waals surface area (Å²) in [4.78, 5) is 13.5. The van der Waals surface area contributed by atoms with E-state index in [1.165, 1.54) is 37.7 Å². The monoisotopic (exact) mass is 431 g/mol. The number of hydrogen-bond donors (Lipinski definition) is 1. The maximum Gasteiger partial charge on any atom is 0.255 e. The lowest BCUT2D eigenvalue weighted by Gasteiger charge is -2.18. The molecule has 2 aromatic carbocycles. The molecule has 0 aliphatic carbocycles. The van der Waals surface area contributed by atoms with Crippen LogP contribution in [0.2, 0.25) is 0 Å². The summed E-state index contributed by atoms with van der Waals surface area (Å²) in [6.07, 6.45) is 0. The standard InChI is InChI=1S/C21H21NO5S2/c1-26-15-9-11-16(12-10-15)29(24,25)20(19-8-5-13-28-19)14-22-21(23)17-6-3-4-7-18(17)27-2/h3-13,20H,14H2,1-2H3,(H,22,23). The number of para-hydroxylation sites is 1. The number of hydrogen-bond acceptors (Lipinski definition) is 6. The molecule has 1 aromatic heterocycles. The highest BCUT2D eigenvalue weighted by Crippen LogP contribution is 2.32. The first-order valence-corrected chi connectivity index (χ1v) is 11.2. The van der Waals surface area contributed by atoms with Crippen molar-refractivity contribution in [2.45, 2.75) is 10.1 Å². The van der Waals surface area contributed by atoms with Gasteiger partial charge in [0.05, 0.1) is 24.7 Å². The topological polar surface area (TPSA) is 81.7 Å². The Morgan fingerprint density at radius 3 is 2.34 bits per heavy atom. The molecule has 1 atom stereocenters. The van der Waals surface area contributed by atoms with Crippen LogP contribution in [-0.2, 0) is 9.84 Å².